The fourth-order valence-corrected chi connectivity index (χ4v) is 3.19. The van der Waals surface area contributed by atoms with Crippen molar-refractivity contribution < 1.29 is 4.52 Å². The van der Waals surface area contributed by atoms with E-state index in [1.807, 2.05) is 41.3 Å². The highest BCUT2D eigenvalue weighted by Gasteiger charge is 2.25. The van der Waals surface area contributed by atoms with E-state index >= 15 is 0 Å². The standard InChI is InChI=1S/C17H20N6O/c1-3-8-18-15(7-1)17-20-16(24-21-17)13-22-10-4-2-6-14(22)12-23-11-5-9-19-23/h1,3,5,7-9,11,14H,2,4,6,10,12-13H2/t14-/m1/s1. The van der Waals surface area contributed by atoms with E-state index < -0.39 is 0 Å². The number of pyridine rings is 1. The summed E-state index contributed by atoms with van der Waals surface area (Å²) < 4.78 is 7.44. The largest absolute Gasteiger partial charge is 0.337 e. The minimum absolute atomic E-state index is 0.448. The van der Waals surface area contributed by atoms with E-state index in [9.17, 15) is 0 Å². The molecule has 0 amide bonds. The molecule has 3 aromatic heterocycles. The summed E-state index contributed by atoms with van der Waals surface area (Å²) in [4.78, 5) is 11.2. The molecule has 124 valence electrons. The Hall–Kier alpha value is -2.54. The van der Waals surface area contributed by atoms with Gasteiger partial charge >= 0.3 is 0 Å². The Balaban J connectivity index is 1.46. The maximum atomic E-state index is 5.44. The van der Waals surface area contributed by atoms with Gasteiger partial charge in [0.1, 0.15) is 5.69 Å². The van der Waals surface area contributed by atoms with E-state index in [0.717, 1.165) is 18.8 Å². The third-order valence-electron chi connectivity index (χ3n) is 4.41. The lowest BCUT2D eigenvalue weighted by Crippen LogP contribution is -2.41. The van der Waals surface area contributed by atoms with Crippen molar-refractivity contribution in [2.45, 2.75) is 38.4 Å². The summed E-state index contributed by atoms with van der Waals surface area (Å²) in [7, 11) is 0. The molecule has 0 bridgehead atoms. The molecule has 0 aromatic carbocycles. The van der Waals surface area contributed by atoms with Gasteiger partial charge in [0.25, 0.3) is 0 Å². The van der Waals surface area contributed by atoms with Crippen LogP contribution in [0.5, 0.6) is 0 Å². The zero-order valence-electron chi connectivity index (χ0n) is 13.5. The average molecular weight is 324 g/mol. The molecule has 3 aromatic rings. The fraction of sp³-hybridized carbons (Fsp3) is 0.412. The Morgan fingerprint density at radius 2 is 2.17 bits per heavy atom. The van der Waals surface area contributed by atoms with E-state index in [1.54, 1.807) is 6.20 Å². The molecule has 0 aliphatic carbocycles. The number of aromatic nitrogens is 5. The van der Waals surface area contributed by atoms with Gasteiger partial charge in [-0.25, -0.2) is 0 Å². The molecular weight excluding hydrogens is 304 g/mol. The van der Waals surface area contributed by atoms with E-state index in [0.29, 0.717) is 24.3 Å². The zero-order chi connectivity index (χ0) is 16.2. The molecule has 0 unspecified atom stereocenters. The van der Waals surface area contributed by atoms with Crippen molar-refractivity contribution in [2.24, 2.45) is 0 Å². The van der Waals surface area contributed by atoms with E-state index in [-0.39, 0.29) is 0 Å². The second-order valence-electron chi connectivity index (χ2n) is 6.07. The quantitative estimate of drug-likeness (QED) is 0.717. The Bertz CT molecular complexity index is 755. The molecule has 4 rings (SSSR count). The highest BCUT2D eigenvalue weighted by molar-refractivity contribution is 5.46. The molecule has 1 atom stereocenters. The monoisotopic (exact) mass is 324 g/mol. The van der Waals surface area contributed by atoms with E-state index in [1.165, 1.54) is 19.3 Å². The van der Waals surface area contributed by atoms with Gasteiger partial charge < -0.3 is 4.52 Å². The number of likely N-dealkylation sites (tertiary alicyclic amines) is 1. The van der Waals surface area contributed by atoms with Crippen molar-refractivity contribution in [3.63, 3.8) is 0 Å². The van der Waals surface area contributed by atoms with Crippen molar-refractivity contribution in [1.82, 2.24) is 29.8 Å². The van der Waals surface area contributed by atoms with Crippen LogP contribution in [-0.2, 0) is 13.1 Å². The molecule has 7 heteroatoms. The average Bonchev–Trinajstić information content (AvgIpc) is 3.29. The maximum absolute atomic E-state index is 5.44. The third-order valence-corrected chi connectivity index (χ3v) is 4.41. The van der Waals surface area contributed by atoms with Crippen LogP contribution < -0.4 is 0 Å². The molecule has 1 aliphatic rings. The topological polar surface area (TPSA) is 72.9 Å². The third kappa shape index (κ3) is 3.35. The maximum Gasteiger partial charge on any atom is 0.241 e. The second kappa shape index (κ2) is 6.92. The van der Waals surface area contributed by atoms with Gasteiger partial charge in [0.15, 0.2) is 0 Å². The van der Waals surface area contributed by atoms with Gasteiger partial charge in [-0.2, -0.15) is 10.1 Å². The molecule has 0 saturated carbocycles. The lowest BCUT2D eigenvalue weighted by Gasteiger charge is -2.34. The van der Waals surface area contributed by atoms with Crippen LogP contribution in [0.15, 0.2) is 47.4 Å². The fourth-order valence-electron chi connectivity index (χ4n) is 3.19. The summed E-state index contributed by atoms with van der Waals surface area (Å²) in [5.41, 5.74) is 0.735. The van der Waals surface area contributed by atoms with Crippen LogP contribution in [0.1, 0.15) is 25.2 Å². The number of hydrogen-bond acceptors (Lipinski definition) is 6. The molecule has 0 radical (unpaired) electrons. The van der Waals surface area contributed by atoms with Gasteiger partial charge in [-0.1, -0.05) is 17.6 Å². The Morgan fingerprint density at radius 3 is 3.00 bits per heavy atom. The Labute approximate surface area is 140 Å². The summed E-state index contributed by atoms with van der Waals surface area (Å²) >= 11 is 0. The van der Waals surface area contributed by atoms with Gasteiger partial charge in [-0.05, 0) is 37.6 Å². The Morgan fingerprint density at radius 1 is 1.17 bits per heavy atom. The van der Waals surface area contributed by atoms with Crippen molar-refractivity contribution in [2.75, 3.05) is 6.54 Å². The summed E-state index contributed by atoms with van der Waals surface area (Å²) in [5.74, 6) is 1.19. The summed E-state index contributed by atoms with van der Waals surface area (Å²) in [6, 6.07) is 8.09. The first-order valence-corrected chi connectivity index (χ1v) is 8.34. The second-order valence-corrected chi connectivity index (χ2v) is 6.07. The molecular formula is C17H20N6O. The minimum atomic E-state index is 0.448. The number of nitrogens with zero attached hydrogens (tertiary/aromatic N) is 6. The van der Waals surface area contributed by atoms with Crippen molar-refractivity contribution >= 4 is 0 Å². The SMILES string of the molecule is c1ccc(-c2noc(CN3CCCC[C@@H]3Cn3cccn3)n2)nc1. The molecule has 1 saturated heterocycles. The highest BCUT2D eigenvalue weighted by atomic mass is 16.5. The lowest BCUT2D eigenvalue weighted by atomic mass is 10.0. The molecule has 1 aliphatic heterocycles. The summed E-state index contributed by atoms with van der Waals surface area (Å²) in [6.45, 7) is 2.62. The van der Waals surface area contributed by atoms with Gasteiger partial charge in [0, 0.05) is 24.6 Å². The van der Waals surface area contributed by atoms with E-state index in [4.69, 9.17) is 4.52 Å². The lowest BCUT2D eigenvalue weighted by molar-refractivity contribution is 0.108. The van der Waals surface area contributed by atoms with Crippen LogP contribution in [0.3, 0.4) is 0 Å². The molecule has 1 fully saturated rings. The Kier molecular flexibility index (Phi) is 4.33. The number of hydrogen-bond donors (Lipinski definition) is 0. The number of piperidine rings is 1. The van der Waals surface area contributed by atoms with Crippen LogP contribution >= 0.6 is 0 Å². The van der Waals surface area contributed by atoms with Crippen LogP contribution in [0.25, 0.3) is 11.5 Å². The first kappa shape index (κ1) is 15.0. The first-order chi connectivity index (χ1) is 11.9. The van der Waals surface area contributed by atoms with Crippen LogP contribution in [0.4, 0.5) is 0 Å². The van der Waals surface area contributed by atoms with Gasteiger partial charge in [0.2, 0.25) is 11.7 Å². The molecule has 7 nitrogen and oxygen atoms in total. The van der Waals surface area contributed by atoms with Crippen LogP contribution in [0.2, 0.25) is 0 Å². The highest BCUT2D eigenvalue weighted by Crippen LogP contribution is 2.21. The summed E-state index contributed by atoms with van der Waals surface area (Å²) in [5, 5.41) is 8.39. The van der Waals surface area contributed by atoms with Crippen molar-refractivity contribution in [3.8, 4) is 11.5 Å². The van der Waals surface area contributed by atoms with Crippen LogP contribution in [-0.4, -0.2) is 42.4 Å². The normalized spacial score (nSPS) is 18.8. The molecule has 24 heavy (non-hydrogen) atoms. The van der Waals surface area contributed by atoms with Crippen molar-refractivity contribution in [3.05, 3.63) is 48.7 Å². The zero-order valence-corrected chi connectivity index (χ0v) is 13.5. The summed E-state index contributed by atoms with van der Waals surface area (Å²) in [6.07, 6.45) is 9.20. The predicted octanol–water partition coefficient (Wildman–Crippen LogP) is 2.38. The molecule has 0 spiro atoms. The van der Waals surface area contributed by atoms with Crippen molar-refractivity contribution in [1.29, 1.82) is 0 Å². The smallest absolute Gasteiger partial charge is 0.241 e. The van der Waals surface area contributed by atoms with E-state index in [2.05, 4.69) is 25.1 Å². The predicted molar refractivity (Wildman–Crippen MR) is 87.8 cm³/mol. The molecule has 0 N–H and O–H groups in total. The first-order valence-electron chi connectivity index (χ1n) is 8.34. The minimum Gasteiger partial charge on any atom is -0.337 e. The van der Waals surface area contributed by atoms with Gasteiger partial charge in [0.05, 0.1) is 13.1 Å². The van der Waals surface area contributed by atoms with Crippen LogP contribution in [0, 0.1) is 0 Å². The molecule has 4 heterocycles. The van der Waals surface area contributed by atoms with Gasteiger partial charge in [-0.15, -0.1) is 0 Å². The number of rotatable bonds is 5. The van der Waals surface area contributed by atoms with Gasteiger partial charge in [-0.3, -0.25) is 14.6 Å².